The smallest absolute Gasteiger partial charge is 0.207 e. The van der Waals surface area contributed by atoms with E-state index in [0.717, 1.165) is 29.4 Å². The number of nitrogens with zero attached hydrogens (tertiary/aromatic N) is 1. The Labute approximate surface area is 103 Å². The zero-order valence-electron chi connectivity index (χ0n) is 11.2. The van der Waals surface area contributed by atoms with Gasteiger partial charge in [0.25, 0.3) is 0 Å². The highest BCUT2D eigenvalue weighted by molar-refractivity contribution is 5.45. The Balaban J connectivity index is 0.000000581. The van der Waals surface area contributed by atoms with E-state index in [1.54, 1.807) is 0 Å². The van der Waals surface area contributed by atoms with E-state index in [4.69, 9.17) is 0 Å². The predicted octanol–water partition coefficient (Wildman–Crippen LogP) is 1.06. The van der Waals surface area contributed by atoms with Crippen LogP contribution in [0.5, 0.6) is 0 Å². The molecule has 1 aromatic rings. The first-order valence-electron chi connectivity index (χ1n) is 6.32. The number of carbonyl (C=O) groups is 1. The van der Waals surface area contributed by atoms with Gasteiger partial charge in [-0.2, -0.15) is 0 Å². The molecule has 0 fully saturated rings. The third-order valence-electron chi connectivity index (χ3n) is 2.02. The standard InChI is InChI=1S/C9H11N3O.2C2H6/c13-6-10-5-9-11-7-3-1-2-4-8(7)12-9;2*1-2/h3-4,6H,1-2,5H2,(H,10,13)(H,11,12);2*1-2H3. The molecule has 4 heteroatoms. The third-order valence-corrected chi connectivity index (χ3v) is 2.02. The van der Waals surface area contributed by atoms with Crippen molar-refractivity contribution >= 4 is 18.6 Å². The maximum Gasteiger partial charge on any atom is 0.207 e. The number of aromatic amines is 1. The lowest BCUT2D eigenvalue weighted by Gasteiger charge is -1.90. The summed E-state index contributed by atoms with van der Waals surface area (Å²) < 4.78 is 0. The molecule has 2 N–H and O–H groups in total. The van der Waals surface area contributed by atoms with Crippen LogP contribution in [0.2, 0.25) is 0 Å². The highest BCUT2D eigenvalue weighted by atomic mass is 16.1. The first-order valence-corrected chi connectivity index (χ1v) is 6.32. The number of amides is 1. The summed E-state index contributed by atoms with van der Waals surface area (Å²) in [6.45, 7) is 8.47. The number of hydrogen-bond donors (Lipinski definition) is 2. The minimum absolute atomic E-state index is 0.470. The van der Waals surface area contributed by atoms with E-state index in [2.05, 4.69) is 27.4 Å². The molecule has 0 aliphatic heterocycles. The van der Waals surface area contributed by atoms with Crippen molar-refractivity contribution in [2.24, 2.45) is 0 Å². The molecule has 1 aliphatic carbocycles. The Hall–Kier alpha value is -1.58. The third kappa shape index (κ3) is 4.85. The Morgan fingerprint density at radius 1 is 1.29 bits per heavy atom. The van der Waals surface area contributed by atoms with Gasteiger partial charge in [0.1, 0.15) is 5.82 Å². The summed E-state index contributed by atoms with van der Waals surface area (Å²) in [4.78, 5) is 17.5. The molecule has 1 aliphatic rings. The maximum atomic E-state index is 10.1. The van der Waals surface area contributed by atoms with Gasteiger partial charge in [-0.1, -0.05) is 39.8 Å². The lowest BCUT2D eigenvalue weighted by atomic mass is 10.2. The van der Waals surface area contributed by atoms with Crippen LogP contribution in [0.4, 0.5) is 0 Å². The normalized spacial score (nSPS) is 11.3. The number of rotatable bonds is 3. The van der Waals surface area contributed by atoms with E-state index >= 15 is 0 Å². The summed E-state index contributed by atoms with van der Waals surface area (Å²) in [5.74, 6) is 0.812. The zero-order valence-corrected chi connectivity index (χ0v) is 11.2. The van der Waals surface area contributed by atoms with Gasteiger partial charge < -0.3 is 10.3 Å². The first kappa shape index (κ1) is 15.4. The van der Waals surface area contributed by atoms with Crippen LogP contribution in [0.25, 0.3) is 12.2 Å². The molecule has 0 radical (unpaired) electrons. The highest BCUT2D eigenvalue weighted by Gasteiger charge is 2.00. The van der Waals surface area contributed by atoms with Crippen molar-refractivity contribution in [3.8, 4) is 0 Å². The van der Waals surface area contributed by atoms with E-state index in [-0.39, 0.29) is 0 Å². The molecule has 17 heavy (non-hydrogen) atoms. The van der Waals surface area contributed by atoms with Gasteiger partial charge in [-0.15, -0.1) is 0 Å². The van der Waals surface area contributed by atoms with Crippen LogP contribution in [0.3, 0.4) is 0 Å². The molecule has 0 aromatic carbocycles. The number of nitrogens with one attached hydrogen (secondary N) is 2. The molecule has 1 aromatic heterocycles. The molecule has 0 unspecified atom stereocenters. The monoisotopic (exact) mass is 237 g/mol. The van der Waals surface area contributed by atoms with Crippen LogP contribution in [0, 0.1) is 0 Å². The van der Waals surface area contributed by atoms with E-state index in [1.165, 1.54) is 0 Å². The fourth-order valence-electron chi connectivity index (χ4n) is 1.43. The van der Waals surface area contributed by atoms with Crippen LogP contribution in [0.15, 0.2) is 0 Å². The second-order valence-corrected chi connectivity index (χ2v) is 2.97. The molecular weight excluding hydrogens is 214 g/mol. The summed E-state index contributed by atoms with van der Waals surface area (Å²) in [5.41, 5.74) is 0. The molecule has 0 atom stereocenters. The second kappa shape index (κ2) is 9.63. The molecule has 0 bridgehead atoms. The quantitative estimate of drug-likeness (QED) is 0.772. The Morgan fingerprint density at radius 3 is 2.53 bits per heavy atom. The van der Waals surface area contributed by atoms with Gasteiger partial charge in [-0.05, 0) is 12.8 Å². The summed E-state index contributed by atoms with van der Waals surface area (Å²) in [6.07, 6.45) is 7.03. The minimum Gasteiger partial charge on any atom is -0.351 e. The number of H-pyrrole nitrogens is 1. The van der Waals surface area contributed by atoms with Crippen molar-refractivity contribution in [3.05, 3.63) is 16.5 Å². The number of carbonyl (C=O) groups excluding carboxylic acids is 1. The van der Waals surface area contributed by atoms with Gasteiger partial charge >= 0.3 is 0 Å². The van der Waals surface area contributed by atoms with E-state index in [9.17, 15) is 4.79 Å². The Kier molecular flexibility index (Phi) is 8.74. The summed E-state index contributed by atoms with van der Waals surface area (Å²) in [6, 6.07) is 0. The number of fused-ring (bicyclic) bond motifs is 1. The van der Waals surface area contributed by atoms with Gasteiger partial charge in [0, 0.05) is 0 Å². The van der Waals surface area contributed by atoms with Crippen LogP contribution in [-0.2, 0) is 11.3 Å². The summed E-state index contributed by atoms with van der Waals surface area (Å²) in [7, 11) is 0. The van der Waals surface area contributed by atoms with Crippen molar-refractivity contribution in [3.63, 3.8) is 0 Å². The SMILES string of the molecule is CC.CC.O=CNCc1nc2c([nH]1)=CCCC=2. The maximum absolute atomic E-state index is 10.1. The number of aromatic nitrogens is 2. The molecule has 1 heterocycles. The number of hydrogen-bond acceptors (Lipinski definition) is 2. The number of imidazole rings is 1. The van der Waals surface area contributed by atoms with Crippen LogP contribution in [-0.4, -0.2) is 16.4 Å². The van der Waals surface area contributed by atoms with Crippen molar-refractivity contribution in [1.82, 2.24) is 15.3 Å². The van der Waals surface area contributed by atoms with Gasteiger partial charge in [-0.25, -0.2) is 4.98 Å². The van der Waals surface area contributed by atoms with Crippen molar-refractivity contribution in [2.75, 3.05) is 0 Å². The van der Waals surface area contributed by atoms with E-state index in [1.807, 2.05) is 27.7 Å². The molecule has 4 nitrogen and oxygen atoms in total. The molecule has 0 saturated heterocycles. The fraction of sp³-hybridized carbons (Fsp3) is 0.538. The van der Waals surface area contributed by atoms with Crippen molar-refractivity contribution in [1.29, 1.82) is 0 Å². The molecule has 0 spiro atoms. The van der Waals surface area contributed by atoms with Crippen LogP contribution >= 0.6 is 0 Å². The van der Waals surface area contributed by atoms with Crippen LogP contribution < -0.4 is 16.0 Å². The minimum atomic E-state index is 0.470. The zero-order chi connectivity index (χ0) is 13.1. The highest BCUT2D eigenvalue weighted by Crippen LogP contribution is 1.93. The predicted molar refractivity (Wildman–Crippen MR) is 71.6 cm³/mol. The molecule has 1 amide bonds. The van der Waals surface area contributed by atoms with Crippen molar-refractivity contribution in [2.45, 2.75) is 47.1 Å². The largest absolute Gasteiger partial charge is 0.351 e. The van der Waals surface area contributed by atoms with E-state index < -0.39 is 0 Å². The van der Waals surface area contributed by atoms with Crippen LogP contribution in [0.1, 0.15) is 46.4 Å². The summed E-state index contributed by atoms with van der Waals surface area (Å²) >= 11 is 0. The van der Waals surface area contributed by atoms with Crippen molar-refractivity contribution < 1.29 is 4.79 Å². The molecule has 2 rings (SSSR count). The topological polar surface area (TPSA) is 57.8 Å². The first-order chi connectivity index (χ1) is 8.40. The lowest BCUT2D eigenvalue weighted by molar-refractivity contribution is -0.109. The average molecular weight is 237 g/mol. The van der Waals surface area contributed by atoms with E-state index in [0.29, 0.717) is 13.0 Å². The second-order valence-electron chi connectivity index (χ2n) is 2.97. The Bertz CT molecular complexity index is 387. The van der Waals surface area contributed by atoms with Gasteiger partial charge in [0.15, 0.2) is 0 Å². The summed E-state index contributed by atoms with van der Waals surface area (Å²) in [5, 5.41) is 4.66. The van der Waals surface area contributed by atoms with Gasteiger partial charge in [0.2, 0.25) is 6.41 Å². The lowest BCUT2D eigenvalue weighted by Crippen LogP contribution is -2.26. The Morgan fingerprint density at radius 2 is 1.94 bits per heavy atom. The molecular formula is C13H23N3O. The van der Waals surface area contributed by atoms with Gasteiger partial charge in [-0.3, -0.25) is 4.79 Å². The fourth-order valence-corrected chi connectivity index (χ4v) is 1.43. The molecule has 0 saturated carbocycles. The average Bonchev–Trinajstić information content (AvgIpc) is 2.83. The molecule has 96 valence electrons. The van der Waals surface area contributed by atoms with Gasteiger partial charge in [0.05, 0.1) is 17.2 Å².